The average molecular weight is 288 g/mol. The van der Waals surface area contributed by atoms with Crippen molar-refractivity contribution in [1.82, 2.24) is 0 Å². The van der Waals surface area contributed by atoms with Crippen molar-refractivity contribution in [3.63, 3.8) is 0 Å². The highest BCUT2D eigenvalue weighted by molar-refractivity contribution is 5.93. The van der Waals surface area contributed by atoms with Crippen LogP contribution in [0.1, 0.15) is 5.56 Å². The van der Waals surface area contributed by atoms with E-state index in [2.05, 4.69) is 10.6 Å². The number of hydrogen-bond acceptors (Lipinski definition) is 2. The van der Waals surface area contributed by atoms with E-state index in [-0.39, 0.29) is 17.5 Å². The molecule has 0 saturated carbocycles. The van der Waals surface area contributed by atoms with Gasteiger partial charge in [0.05, 0.1) is 5.92 Å². The first-order valence-corrected chi connectivity index (χ1v) is 6.70. The summed E-state index contributed by atoms with van der Waals surface area (Å²) in [5.41, 5.74) is 2.23. The van der Waals surface area contributed by atoms with Crippen molar-refractivity contribution in [3.8, 4) is 0 Å². The van der Waals surface area contributed by atoms with Gasteiger partial charge >= 0.3 is 0 Å². The van der Waals surface area contributed by atoms with Gasteiger partial charge in [0.15, 0.2) is 0 Å². The van der Waals surface area contributed by atoms with Gasteiger partial charge in [-0.15, -0.1) is 0 Å². The number of anilines is 2. The number of carbonyl (C=O) groups is 1. The molecule has 0 fully saturated rings. The maximum absolute atomic E-state index is 13.1. The number of nitrogens with one attached hydrogen (secondary N) is 2. The SMILES string of the molecule is O=C(Nc1cc(F)cc(F)c1)C1CNc2ccccc2C1. The van der Waals surface area contributed by atoms with E-state index in [1.54, 1.807) is 0 Å². The Hall–Kier alpha value is -2.43. The van der Waals surface area contributed by atoms with E-state index in [1.165, 1.54) is 0 Å². The van der Waals surface area contributed by atoms with Gasteiger partial charge in [-0.2, -0.15) is 0 Å². The number of amides is 1. The molecule has 2 aromatic carbocycles. The zero-order valence-electron chi connectivity index (χ0n) is 11.2. The van der Waals surface area contributed by atoms with E-state index in [9.17, 15) is 13.6 Å². The minimum atomic E-state index is -0.711. The molecule has 5 heteroatoms. The summed E-state index contributed by atoms with van der Waals surface area (Å²) in [6, 6.07) is 10.8. The number of fused-ring (bicyclic) bond motifs is 1. The second-order valence-electron chi connectivity index (χ2n) is 5.09. The number of halogens is 2. The molecular weight excluding hydrogens is 274 g/mol. The number of benzene rings is 2. The van der Waals surface area contributed by atoms with Crippen LogP contribution >= 0.6 is 0 Å². The van der Waals surface area contributed by atoms with Gasteiger partial charge < -0.3 is 10.6 Å². The van der Waals surface area contributed by atoms with Crippen LogP contribution in [0.3, 0.4) is 0 Å². The molecule has 1 unspecified atom stereocenters. The van der Waals surface area contributed by atoms with E-state index >= 15 is 0 Å². The van der Waals surface area contributed by atoms with Gasteiger partial charge in [0.1, 0.15) is 11.6 Å². The highest BCUT2D eigenvalue weighted by Gasteiger charge is 2.24. The van der Waals surface area contributed by atoms with Gasteiger partial charge in [-0.1, -0.05) is 18.2 Å². The van der Waals surface area contributed by atoms with E-state index in [0.717, 1.165) is 29.4 Å². The maximum atomic E-state index is 13.1. The van der Waals surface area contributed by atoms with Crippen molar-refractivity contribution in [2.24, 2.45) is 5.92 Å². The van der Waals surface area contributed by atoms with Gasteiger partial charge in [-0.3, -0.25) is 4.79 Å². The van der Waals surface area contributed by atoms with Gasteiger partial charge in [0.2, 0.25) is 5.91 Å². The lowest BCUT2D eigenvalue weighted by Crippen LogP contribution is -2.33. The van der Waals surface area contributed by atoms with Crippen molar-refractivity contribution in [2.75, 3.05) is 17.2 Å². The molecule has 0 saturated heterocycles. The van der Waals surface area contributed by atoms with Crippen LogP contribution in [0.15, 0.2) is 42.5 Å². The van der Waals surface area contributed by atoms with Crippen molar-refractivity contribution in [2.45, 2.75) is 6.42 Å². The third kappa shape index (κ3) is 3.02. The number of hydrogen-bond donors (Lipinski definition) is 2. The van der Waals surface area contributed by atoms with Crippen LogP contribution in [-0.2, 0) is 11.2 Å². The Morgan fingerprint density at radius 2 is 1.86 bits per heavy atom. The lowest BCUT2D eigenvalue weighted by molar-refractivity contribution is -0.119. The monoisotopic (exact) mass is 288 g/mol. The summed E-state index contributed by atoms with van der Waals surface area (Å²) in [5.74, 6) is -1.94. The van der Waals surface area contributed by atoms with E-state index in [4.69, 9.17) is 0 Å². The Kier molecular flexibility index (Phi) is 3.56. The maximum Gasteiger partial charge on any atom is 0.229 e. The molecule has 108 valence electrons. The van der Waals surface area contributed by atoms with E-state index in [1.807, 2.05) is 24.3 Å². The molecule has 0 aromatic heterocycles. The number of carbonyl (C=O) groups excluding carboxylic acids is 1. The molecule has 2 aromatic rings. The van der Waals surface area contributed by atoms with Crippen LogP contribution in [0.5, 0.6) is 0 Å². The van der Waals surface area contributed by atoms with Crippen LogP contribution in [0.4, 0.5) is 20.2 Å². The minimum absolute atomic E-state index is 0.136. The molecule has 3 rings (SSSR count). The predicted octanol–water partition coefficient (Wildman–Crippen LogP) is 3.19. The van der Waals surface area contributed by atoms with Gasteiger partial charge in [-0.05, 0) is 30.2 Å². The van der Waals surface area contributed by atoms with Gasteiger partial charge in [0, 0.05) is 24.0 Å². The quantitative estimate of drug-likeness (QED) is 0.891. The van der Waals surface area contributed by atoms with Crippen LogP contribution in [0.2, 0.25) is 0 Å². The fourth-order valence-electron chi connectivity index (χ4n) is 2.50. The fraction of sp³-hybridized carbons (Fsp3) is 0.188. The summed E-state index contributed by atoms with van der Waals surface area (Å²) in [7, 11) is 0. The molecule has 1 heterocycles. The summed E-state index contributed by atoms with van der Waals surface area (Å²) in [4.78, 5) is 12.2. The average Bonchev–Trinajstić information content (AvgIpc) is 2.45. The summed E-state index contributed by atoms with van der Waals surface area (Å²) >= 11 is 0. The van der Waals surface area contributed by atoms with Crippen molar-refractivity contribution in [1.29, 1.82) is 0 Å². The van der Waals surface area contributed by atoms with Crippen molar-refractivity contribution >= 4 is 17.3 Å². The molecule has 1 aliphatic rings. The summed E-state index contributed by atoms with van der Waals surface area (Å²) in [6.45, 7) is 0.501. The van der Waals surface area contributed by atoms with Gasteiger partial charge in [0.25, 0.3) is 0 Å². The highest BCUT2D eigenvalue weighted by atomic mass is 19.1. The smallest absolute Gasteiger partial charge is 0.229 e. The van der Waals surface area contributed by atoms with E-state index < -0.39 is 11.6 Å². The largest absolute Gasteiger partial charge is 0.384 e. The van der Waals surface area contributed by atoms with E-state index in [0.29, 0.717) is 13.0 Å². The molecule has 21 heavy (non-hydrogen) atoms. The molecule has 3 nitrogen and oxygen atoms in total. The Morgan fingerprint density at radius 3 is 2.62 bits per heavy atom. The second-order valence-corrected chi connectivity index (χ2v) is 5.09. The molecule has 0 spiro atoms. The number of rotatable bonds is 2. The summed E-state index contributed by atoms with van der Waals surface area (Å²) in [5, 5.41) is 5.76. The van der Waals surface area contributed by atoms with Crippen molar-refractivity contribution in [3.05, 3.63) is 59.7 Å². The third-order valence-electron chi connectivity index (χ3n) is 3.52. The van der Waals surface area contributed by atoms with Crippen LogP contribution in [-0.4, -0.2) is 12.5 Å². The minimum Gasteiger partial charge on any atom is -0.384 e. The Morgan fingerprint density at radius 1 is 1.14 bits per heavy atom. The Balaban J connectivity index is 1.72. The molecular formula is C16H14F2N2O. The summed E-state index contributed by atoms with van der Waals surface area (Å²) in [6.07, 6.45) is 0.604. The Labute approximate surface area is 121 Å². The molecule has 0 aliphatic carbocycles. The zero-order valence-corrected chi connectivity index (χ0v) is 11.2. The lowest BCUT2D eigenvalue weighted by Gasteiger charge is -2.25. The Bertz CT molecular complexity index is 667. The van der Waals surface area contributed by atoms with Crippen molar-refractivity contribution < 1.29 is 13.6 Å². The predicted molar refractivity (Wildman–Crippen MR) is 77.1 cm³/mol. The third-order valence-corrected chi connectivity index (χ3v) is 3.52. The first kappa shape index (κ1) is 13.5. The first-order chi connectivity index (χ1) is 10.1. The van der Waals surface area contributed by atoms with Crippen LogP contribution < -0.4 is 10.6 Å². The topological polar surface area (TPSA) is 41.1 Å². The van der Waals surface area contributed by atoms with Crippen LogP contribution in [0.25, 0.3) is 0 Å². The molecule has 1 amide bonds. The summed E-state index contributed by atoms with van der Waals surface area (Å²) < 4.78 is 26.2. The van der Waals surface area contributed by atoms with Crippen LogP contribution in [0, 0.1) is 17.6 Å². The zero-order chi connectivity index (χ0) is 14.8. The molecule has 1 aliphatic heterocycles. The highest BCUT2D eigenvalue weighted by Crippen LogP contribution is 2.25. The normalized spacial score (nSPS) is 16.8. The lowest BCUT2D eigenvalue weighted by atomic mass is 9.93. The van der Waals surface area contributed by atoms with Gasteiger partial charge in [-0.25, -0.2) is 8.78 Å². The first-order valence-electron chi connectivity index (χ1n) is 6.70. The molecule has 2 N–H and O–H groups in total. The molecule has 0 bridgehead atoms. The molecule has 1 atom stereocenters. The second kappa shape index (κ2) is 5.52. The fourth-order valence-corrected chi connectivity index (χ4v) is 2.50. The molecule has 0 radical (unpaired) electrons. The standard InChI is InChI=1S/C16H14F2N2O/c17-12-6-13(18)8-14(7-12)20-16(21)11-5-10-3-1-2-4-15(10)19-9-11/h1-4,6-8,11,19H,5,9H2,(H,20,21). The number of para-hydroxylation sites is 1.